The van der Waals surface area contributed by atoms with Crippen LogP contribution in [0.5, 0.6) is 0 Å². The fraction of sp³-hybridized carbons (Fsp3) is 0.217. The second-order valence-electron chi connectivity index (χ2n) is 6.96. The van der Waals surface area contributed by atoms with Crippen LogP contribution in [0.4, 0.5) is 5.13 Å². The van der Waals surface area contributed by atoms with E-state index in [0.29, 0.717) is 26.7 Å². The molecular formula is C23H22BrN2O5PS. The first-order chi connectivity index (χ1) is 15.9. The number of halogens is 1. The van der Waals surface area contributed by atoms with E-state index in [1.165, 1.54) is 11.3 Å². The Balaban J connectivity index is 1.73. The van der Waals surface area contributed by atoms with Gasteiger partial charge in [0.15, 0.2) is 10.9 Å². The smallest absolute Gasteiger partial charge is 0.357 e. The Hall–Kier alpha value is -2.29. The van der Waals surface area contributed by atoms with Crippen molar-refractivity contribution in [2.75, 3.05) is 18.5 Å². The van der Waals surface area contributed by atoms with E-state index in [1.807, 2.05) is 42.5 Å². The lowest BCUT2D eigenvalue weighted by Gasteiger charge is -2.27. The topological polar surface area (TPSA) is 90.7 Å². The summed E-state index contributed by atoms with van der Waals surface area (Å²) in [6, 6.07) is 16.5. The maximum Gasteiger partial charge on any atom is 0.357 e. The SMILES string of the molecule is CCOP(=O)(OCC)C(Nc1ncc(-c2cc3ccccc3oc2=O)s1)c1ccccc1Br. The number of thiazole rings is 1. The molecular weight excluding hydrogens is 527 g/mol. The van der Waals surface area contributed by atoms with Crippen molar-refractivity contribution in [3.05, 3.63) is 81.3 Å². The Morgan fingerprint density at radius 1 is 1.12 bits per heavy atom. The molecule has 0 saturated heterocycles. The highest BCUT2D eigenvalue weighted by molar-refractivity contribution is 9.10. The van der Waals surface area contributed by atoms with Crippen molar-refractivity contribution in [1.29, 1.82) is 0 Å². The van der Waals surface area contributed by atoms with Crippen LogP contribution < -0.4 is 10.9 Å². The molecule has 1 atom stereocenters. The summed E-state index contributed by atoms with van der Waals surface area (Å²) in [6.45, 7) is 3.98. The van der Waals surface area contributed by atoms with E-state index in [9.17, 15) is 9.36 Å². The molecule has 2 aromatic carbocycles. The van der Waals surface area contributed by atoms with Crippen LogP contribution in [-0.2, 0) is 13.6 Å². The third-order valence-electron chi connectivity index (χ3n) is 4.81. The summed E-state index contributed by atoms with van der Waals surface area (Å²) in [5, 5.41) is 4.51. The maximum absolute atomic E-state index is 13.7. The summed E-state index contributed by atoms with van der Waals surface area (Å²) in [7, 11) is -3.60. The summed E-state index contributed by atoms with van der Waals surface area (Å²) in [6.07, 6.45) is 1.59. The molecule has 4 rings (SSSR count). The van der Waals surface area contributed by atoms with Gasteiger partial charge in [-0.2, -0.15) is 0 Å². The molecule has 2 heterocycles. The van der Waals surface area contributed by atoms with Gasteiger partial charge in [-0.1, -0.05) is 63.7 Å². The fourth-order valence-electron chi connectivity index (χ4n) is 3.39. The second kappa shape index (κ2) is 10.3. The zero-order valence-corrected chi connectivity index (χ0v) is 21.3. The van der Waals surface area contributed by atoms with Crippen molar-refractivity contribution < 1.29 is 18.0 Å². The number of aromatic nitrogens is 1. The highest BCUT2D eigenvalue weighted by Crippen LogP contribution is 2.61. The van der Waals surface area contributed by atoms with Crippen molar-refractivity contribution in [1.82, 2.24) is 4.98 Å². The van der Waals surface area contributed by atoms with Crippen LogP contribution in [0.2, 0.25) is 0 Å². The molecule has 0 fully saturated rings. The molecule has 10 heteroatoms. The number of hydrogen-bond acceptors (Lipinski definition) is 8. The highest BCUT2D eigenvalue weighted by atomic mass is 79.9. The Kier molecular flexibility index (Phi) is 7.46. The van der Waals surface area contributed by atoms with Gasteiger partial charge in [0.1, 0.15) is 5.58 Å². The lowest BCUT2D eigenvalue weighted by atomic mass is 10.2. The van der Waals surface area contributed by atoms with E-state index in [0.717, 1.165) is 9.86 Å². The van der Waals surface area contributed by atoms with Crippen molar-refractivity contribution >= 4 is 51.0 Å². The van der Waals surface area contributed by atoms with Crippen molar-refractivity contribution in [3.8, 4) is 10.4 Å². The van der Waals surface area contributed by atoms with Gasteiger partial charge in [0.25, 0.3) is 0 Å². The average Bonchev–Trinajstić information content (AvgIpc) is 3.26. The number of fused-ring (bicyclic) bond motifs is 1. The number of nitrogens with zero attached hydrogens (tertiary/aromatic N) is 1. The first kappa shape index (κ1) is 23.9. The molecule has 0 spiro atoms. The van der Waals surface area contributed by atoms with Gasteiger partial charge >= 0.3 is 13.2 Å². The van der Waals surface area contributed by atoms with Gasteiger partial charge in [-0.25, -0.2) is 9.78 Å². The van der Waals surface area contributed by atoms with Crippen LogP contribution in [0.3, 0.4) is 0 Å². The van der Waals surface area contributed by atoms with Gasteiger partial charge < -0.3 is 18.8 Å². The Labute approximate surface area is 203 Å². The number of benzene rings is 2. The van der Waals surface area contributed by atoms with E-state index >= 15 is 0 Å². The van der Waals surface area contributed by atoms with Crippen LogP contribution in [0.15, 0.2) is 74.5 Å². The van der Waals surface area contributed by atoms with Crippen LogP contribution in [0.25, 0.3) is 21.4 Å². The summed E-state index contributed by atoms with van der Waals surface area (Å²) in [4.78, 5) is 17.6. The molecule has 2 aromatic heterocycles. The van der Waals surface area contributed by atoms with Gasteiger partial charge in [0.05, 0.1) is 23.7 Å². The lowest BCUT2D eigenvalue weighted by Crippen LogP contribution is -2.15. The number of rotatable bonds is 9. The average molecular weight is 549 g/mol. The van der Waals surface area contributed by atoms with Crippen molar-refractivity contribution in [2.24, 2.45) is 0 Å². The third-order valence-corrected chi connectivity index (χ3v) is 8.77. The molecule has 4 aromatic rings. The normalized spacial score (nSPS) is 12.7. The maximum atomic E-state index is 13.7. The van der Waals surface area contributed by atoms with Gasteiger partial charge in [0, 0.05) is 21.6 Å². The van der Waals surface area contributed by atoms with Gasteiger partial charge in [-0.3, -0.25) is 4.57 Å². The monoisotopic (exact) mass is 548 g/mol. The predicted octanol–water partition coefficient (Wildman–Crippen LogP) is 7.06. The quantitative estimate of drug-likeness (QED) is 0.177. The van der Waals surface area contributed by atoms with Crippen LogP contribution in [0.1, 0.15) is 25.2 Å². The lowest BCUT2D eigenvalue weighted by molar-refractivity contribution is 0.214. The molecule has 0 saturated carbocycles. The molecule has 172 valence electrons. The van der Waals surface area contributed by atoms with E-state index in [2.05, 4.69) is 26.2 Å². The predicted molar refractivity (Wildman–Crippen MR) is 135 cm³/mol. The minimum Gasteiger partial charge on any atom is -0.422 e. The minimum absolute atomic E-state index is 0.223. The molecule has 0 aliphatic rings. The van der Waals surface area contributed by atoms with Gasteiger partial charge in [0.2, 0.25) is 0 Å². The minimum atomic E-state index is -3.60. The van der Waals surface area contributed by atoms with Crippen LogP contribution in [-0.4, -0.2) is 18.2 Å². The Morgan fingerprint density at radius 3 is 2.55 bits per heavy atom. The molecule has 1 unspecified atom stereocenters. The Bertz CT molecular complexity index is 1360. The fourth-order valence-corrected chi connectivity index (χ4v) is 6.95. The molecule has 33 heavy (non-hydrogen) atoms. The largest absolute Gasteiger partial charge is 0.422 e. The molecule has 0 bridgehead atoms. The van der Waals surface area contributed by atoms with E-state index in [-0.39, 0.29) is 13.2 Å². The summed E-state index contributed by atoms with van der Waals surface area (Å²) in [5.74, 6) is -0.806. The third kappa shape index (κ3) is 5.13. The number of nitrogens with one attached hydrogen (secondary N) is 1. The highest BCUT2D eigenvalue weighted by Gasteiger charge is 2.38. The van der Waals surface area contributed by atoms with Crippen LogP contribution >= 0.6 is 34.9 Å². The zero-order chi connectivity index (χ0) is 23.4. The van der Waals surface area contributed by atoms with Crippen LogP contribution in [0, 0.1) is 0 Å². The molecule has 0 aliphatic carbocycles. The summed E-state index contributed by atoms with van der Waals surface area (Å²) >= 11 is 4.80. The molecule has 0 amide bonds. The number of para-hydroxylation sites is 1. The van der Waals surface area contributed by atoms with Gasteiger partial charge in [-0.05, 0) is 32.0 Å². The summed E-state index contributed by atoms with van der Waals surface area (Å²) in [5.41, 5.74) is 1.21. The molecule has 0 radical (unpaired) electrons. The molecule has 1 N–H and O–H groups in total. The second-order valence-corrected chi connectivity index (χ2v) is 11.0. The van der Waals surface area contributed by atoms with E-state index < -0.39 is 19.0 Å². The van der Waals surface area contributed by atoms with Crippen molar-refractivity contribution in [2.45, 2.75) is 19.6 Å². The molecule has 0 aliphatic heterocycles. The zero-order valence-electron chi connectivity index (χ0n) is 18.0. The Morgan fingerprint density at radius 2 is 1.82 bits per heavy atom. The standard InChI is InChI=1S/C23H22BrN2O5PS/c1-3-29-32(28,30-4-2)21(16-10-6-7-11-18(16)24)26-23-25-14-20(33-23)17-13-15-9-5-8-12-19(15)31-22(17)27/h5-14,21H,3-4H2,1-2H3,(H,25,26). The first-order valence-electron chi connectivity index (χ1n) is 10.3. The molecule has 7 nitrogen and oxygen atoms in total. The first-order valence-corrected chi connectivity index (χ1v) is 13.6. The van der Waals surface area contributed by atoms with E-state index in [1.54, 1.807) is 32.2 Å². The summed E-state index contributed by atoms with van der Waals surface area (Å²) < 4.78 is 31.2. The van der Waals surface area contributed by atoms with Gasteiger partial charge in [-0.15, -0.1) is 0 Å². The number of hydrogen-bond donors (Lipinski definition) is 1. The van der Waals surface area contributed by atoms with E-state index in [4.69, 9.17) is 13.5 Å². The van der Waals surface area contributed by atoms with Crippen molar-refractivity contribution in [3.63, 3.8) is 0 Å². The number of anilines is 1.